The van der Waals surface area contributed by atoms with Crippen LogP contribution in [0.5, 0.6) is 0 Å². The van der Waals surface area contributed by atoms with Crippen LogP contribution in [-0.4, -0.2) is 140 Å². The molecule has 0 saturated carbocycles. The van der Waals surface area contributed by atoms with Gasteiger partial charge >= 0.3 is 0 Å². The summed E-state index contributed by atoms with van der Waals surface area (Å²) < 4.78 is 22.8. The molecular weight excluding hydrogens is 1040 g/mol. The normalized spacial score (nSPS) is 24.6. The smallest absolute Gasteiger partial charge is 0.220 e. The molecule has 1 amide bonds. The van der Waals surface area contributed by atoms with E-state index < -0.39 is 86.8 Å². The fraction of sp³-hybridized carbons (Fsp3) is 0.750. The van der Waals surface area contributed by atoms with Gasteiger partial charge in [0.05, 0.1) is 32.0 Å². The summed E-state index contributed by atoms with van der Waals surface area (Å²) in [5, 5.41) is 87.2. The van der Waals surface area contributed by atoms with Crippen LogP contribution < -0.4 is 5.32 Å². The summed E-state index contributed by atoms with van der Waals surface area (Å²) >= 11 is 0. The Hall–Kier alpha value is -3.09. The summed E-state index contributed by atoms with van der Waals surface area (Å²) in [6, 6.07) is -0.938. The Labute approximate surface area is 496 Å². The van der Waals surface area contributed by atoms with Crippen LogP contribution in [0.3, 0.4) is 0 Å². The molecule has 2 aliphatic heterocycles. The lowest BCUT2D eigenvalue weighted by Crippen LogP contribution is -2.65. The number of ether oxygens (including phenoxy) is 4. The monoisotopic (exact) mass is 1160 g/mol. The van der Waals surface area contributed by atoms with Crippen molar-refractivity contribution < 1.29 is 64.6 Å². The van der Waals surface area contributed by atoms with Crippen LogP contribution in [0.4, 0.5) is 0 Å². The summed E-state index contributed by atoms with van der Waals surface area (Å²) in [5.74, 6) is -0.255. The number of aliphatic hydroxyl groups is 8. The molecule has 2 saturated heterocycles. The van der Waals surface area contributed by atoms with Gasteiger partial charge in [0.15, 0.2) is 12.6 Å². The van der Waals surface area contributed by atoms with Crippen LogP contribution in [0.25, 0.3) is 0 Å². The van der Waals surface area contributed by atoms with Gasteiger partial charge in [0.1, 0.15) is 48.8 Å². The van der Waals surface area contributed by atoms with Crippen molar-refractivity contribution in [1.29, 1.82) is 0 Å². The van der Waals surface area contributed by atoms with Gasteiger partial charge in [-0.15, -0.1) is 0 Å². The number of allylic oxidation sites excluding steroid dienone is 15. The molecule has 9 N–H and O–H groups in total. The van der Waals surface area contributed by atoms with E-state index in [1.54, 1.807) is 6.08 Å². The molecule has 82 heavy (non-hydrogen) atoms. The first-order valence-corrected chi connectivity index (χ1v) is 32.5. The highest BCUT2D eigenvalue weighted by molar-refractivity contribution is 5.76. The van der Waals surface area contributed by atoms with Crippen LogP contribution in [0, 0.1) is 0 Å². The molecule has 14 heteroatoms. The zero-order valence-electron chi connectivity index (χ0n) is 50.9. The van der Waals surface area contributed by atoms with E-state index in [9.17, 15) is 45.6 Å². The van der Waals surface area contributed by atoms with E-state index in [4.69, 9.17) is 18.9 Å². The molecule has 12 unspecified atom stereocenters. The molecule has 0 aromatic rings. The summed E-state index contributed by atoms with van der Waals surface area (Å²) in [4.78, 5) is 13.3. The highest BCUT2D eigenvalue weighted by Gasteiger charge is 2.51. The van der Waals surface area contributed by atoms with E-state index in [0.717, 1.165) is 77.0 Å². The lowest BCUT2D eigenvalue weighted by atomic mass is 9.97. The van der Waals surface area contributed by atoms with Gasteiger partial charge in [0, 0.05) is 6.42 Å². The van der Waals surface area contributed by atoms with Crippen molar-refractivity contribution in [3.63, 3.8) is 0 Å². The van der Waals surface area contributed by atoms with Crippen LogP contribution >= 0.6 is 0 Å². The first-order chi connectivity index (χ1) is 40.1. The minimum atomic E-state index is -1.79. The number of carbonyl (C=O) groups is 1. The predicted octanol–water partition coefficient (Wildman–Crippen LogP) is 12.2. The molecule has 0 spiro atoms. The predicted molar refractivity (Wildman–Crippen MR) is 332 cm³/mol. The molecule has 0 radical (unpaired) electrons. The van der Waals surface area contributed by atoms with E-state index in [2.05, 4.69) is 104 Å². The number of unbranched alkanes of at least 4 members (excludes halogenated alkanes) is 24. The van der Waals surface area contributed by atoms with E-state index in [-0.39, 0.29) is 18.9 Å². The van der Waals surface area contributed by atoms with Crippen molar-refractivity contribution in [2.75, 3.05) is 19.8 Å². The van der Waals surface area contributed by atoms with Crippen LogP contribution in [0.1, 0.15) is 232 Å². The van der Waals surface area contributed by atoms with Gasteiger partial charge < -0.3 is 65.1 Å². The van der Waals surface area contributed by atoms with Gasteiger partial charge in [-0.2, -0.15) is 0 Å². The van der Waals surface area contributed by atoms with Crippen molar-refractivity contribution in [3.8, 4) is 0 Å². The molecule has 0 aromatic carbocycles. The molecule has 472 valence electrons. The first-order valence-electron chi connectivity index (χ1n) is 32.5. The zero-order valence-corrected chi connectivity index (χ0v) is 50.9. The topological polar surface area (TPSA) is 228 Å². The minimum Gasteiger partial charge on any atom is -0.394 e. The Morgan fingerprint density at radius 1 is 0.451 bits per heavy atom. The molecule has 2 heterocycles. The van der Waals surface area contributed by atoms with Crippen molar-refractivity contribution in [2.24, 2.45) is 0 Å². The largest absolute Gasteiger partial charge is 0.394 e. The zero-order chi connectivity index (χ0) is 59.5. The molecule has 14 nitrogen and oxygen atoms in total. The molecular formula is C68H117NO13. The highest BCUT2D eigenvalue weighted by Crippen LogP contribution is 2.30. The van der Waals surface area contributed by atoms with Crippen molar-refractivity contribution in [1.82, 2.24) is 5.32 Å². The first kappa shape index (κ1) is 75.0. The average molecular weight is 1160 g/mol. The third-order valence-corrected chi connectivity index (χ3v) is 15.3. The molecule has 2 aliphatic rings. The molecule has 0 aliphatic carbocycles. The van der Waals surface area contributed by atoms with Gasteiger partial charge in [-0.25, -0.2) is 0 Å². The fourth-order valence-electron chi connectivity index (χ4n) is 10.1. The number of hydrogen-bond donors (Lipinski definition) is 9. The second-order valence-electron chi connectivity index (χ2n) is 22.5. The summed E-state index contributed by atoms with van der Waals surface area (Å²) in [6.07, 6.45) is 55.9. The Kier molecular flexibility index (Phi) is 47.8. The third-order valence-electron chi connectivity index (χ3n) is 15.3. The summed E-state index contributed by atoms with van der Waals surface area (Å²) in [6.45, 7) is 2.66. The summed E-state index contributed by atoms with van der Waals surface area (Å²) in [5.41, 5.74) is 0. The Morgan fingerprint density at radius 3 is 1.34 bits per heavy atom. The number of amides is 1. The van der Waals surface area contributed by atoms with Gasteiger partial charge in [-0.05, 0) is 83.5 Å². The van der Waals surface area contributed by atoms with Crippen LogP contribution in [0.15, 0.2) is 97.2 Å². The van der Waals surface area contributed by atoms with Crippen molar-refractivity contribution in [2.45, 2.75) is 306 Å². The number of carbonyl (C=O) groups excluding carboxylic acids is 1. The maximum Gasteiger partial charge on any atom is 0.220 e. The second kappa shape index (κ2) is 52.3. The highest BCUT2D eigenvalue weighted by atomic mass is 16.7. The second-order valence-corrected chi connectivity index (χ2v) is 22.5. The van der Waals surface area contributed by atoms with Crippen LogP contribution in [0.2, 0.25) is 0 Å². The number of hydrogen-bond acceptors (Lipinski definition) is 13. The van der Waals surface area contributed by atoms with Crippen molar-refractivity contribution >= 4 is 5.91 Å². The van der Waals surface area contributed by atoms with E-state index >= 15 is 0 Å². The number of aliphatic hydroxyl groups excluding tert-OH is 8. The van der Waals surface area contributed by atoms with Gasteiger partial charge in [0.25, 0.3) is 0 Å². The van der Waals surface area contributed by atoms with Crippen molar-refractivity contribution in [3.05, 3.63) is 97.2 Å². The van der Waals surface area contributed by atoms with Gasteiger partial charge in [0.2, 0.25) is 5.91 Å². The molecule has 2 fully saturated rings. The van der Waals surface area contributed by atoms with E-state index in [1.807, 2.05) is 6.08 Å². The lowest BCUT2D eigenvalue weighted by Gasteiger charge is -2.46. The molecule has 0 aromatic heterocycles. The Morgan fingerprint density at radius 2 is 0.854 bits per heavy atom. The third kappa shape index (κ3) is 36.7. The standard InChI is InChI=1S/C68H117NO13/c1-3-5-7-9-11-13-15-17-19-21-22-23-24-25-26-27-28-29-30-31-32-33-34-36-38-40-42-44-46-48-50-52-60(73)69-56(57(72)51-49-47-45-43-41-39-37-35-20-18-16-14-12-10-8-6-4-2)55-79-67-65(78)63(76)66(59(54-71)81-67)82-68-64(77)62(75)61(74)58(53-70)80-68/h5,7,11,13,17,19,22-23,25-26,28-29,41,43,49,51,56-59,61-68,70-72,74-78H,3-4,6,8-10,12,14-16,18,20-21,24,27,30-40,42,44-48,50,52-55H2,1-2H3,(H,69,73)/b7-5-,13-11-,19-17-,23-22-,26-25-,29-28-,43-41+,51-49+. The Balaban J connectivity index is 1.70. The number of nitrogens with one attached hydrogen (secondary N) is 1. The van der Waals surface area contributed by atoms with E-state index in [0.29, 0.717) is 12.8 Å². The van der Waals surface area contributed by atoms with Gasteiger partial charge in [-0.3, -0.25) is 4.79 Å². The lowest BCUT2D eigenvalue weighted by molar-refractivity contribution is -0.359. The maximum atomic E-state index is 13.3. The SMILES string of the molecule is CC/C=C\C/C=C\C/C=C\C/C=C\C/C=C\C/C=C\CCCCCCCCCCCCCCC(=O)NC(COC1OC(CO)C(OC2OC(CO)C(O)C(O)C2O)C(O)C1O)C(O)/C=C/CC/C=C/CCCCCCCCCCCCC. The maximum absolute atomic E-state index is 13.3. The summed E-state index contributed by atoms with van der Waals surface area (Å²) in [7, 11) is 0. The average Bonchev–Trinajstić information content (AvgIpc) is 3.52. The molecule has 0 bridgehead atoms. The quantitative estimate of drug-likeness (QED) is 0.0204. The molecule has 12 atom stereocenters. The fourth-order valence-corrected chi connectivity index (χ4v) is 10.1. The minimum absolute atomic E-state index is 0.255. The van der Waals surface area contributed by atoms with Crippen LogP contribution in [-0.2, 0) is 23.7 Å². The van der Waals surface area contributed by atoms with Gasteiger partial charge in [-0.1, -0.05) is 239 Å². The van der Waals surface area contributed by atoms with E-state index in [1.165, 1.54) is 122 Å². The Bertz CT molecular complexity index is 1740. The molecule has 2 rings (SSSR count). The number of rotatable bonds is 51.